The van der Waals surface area contributed by atoms with Crippen LogP contribution in [0.2, 0.25) is 0 Å². The highest BCUT2D eigenvalue weighted by Crippen LogP contribution is 2.45. The van der Waals surface area contributed by atoms with Crippen molar-refractivity contribution in [3.05, 3.63) is 34.6 Å². The van der Waals surface area contributed by atoms with Gasteiger partial charge in [0.05, 0.1) is 47.5 Å². The maximum atomic E-state index is 12.0. The van der Waals surface area contributed by atoms with Gasteiger partial charge in [-0.2, -0.15) is 5.26 Å². The number of nitrogens with zero attached hydrogens (tertiary/aromatic N) is 3. The number of nitriles is 1. The number of hydrogen-bond acceptors (Lipinski definition) is 12. The summed E-state index contributed by atoms with van der Waals surface area (Å²) in [6.07, 6.45) is 7.51. The van der Waals surface area contributed by atoms with Crippen molar-refractivity contribution >= 4 is 132 Å². The Hall–Kier alpha value is -3.45. The Labute approximate surface area is 697 Å². The van der Waals surface area contributed by atoms with Crippen LogP contribution in [0.3, 0.4) is 0 Å². The quantitative estimate of drug-likeness (QED) is 0.0653. The molecule has 1 aliphatic carbocycles. The SMILES string of the molecule is CC(C)(C)C1CO1.CC(C)(C)CC1CO1.CC(C)(C)CCCC(=O)CCl.CC(C)(C)CNC(=O)C1(C#N)CC1.CC(C)(C)CNC(=O)CCl.CC(C)(C)Cn1sc2ccccc2c1=O.CC(Cl)C(=O)NCC(C)(C)C.CN(CCC(C)(C)C)C(=O)CCl.C[C@@H](Cl)C(=O)NCC(C)(C)C.C[C@H](Cl)C(=O)NCC(C)(C)C. The van der Waals surface area contributed by atoms with Crippen LogP contribution in [-0.2, 0) is 49.6 Å². The molecule has 1 aromatic heterocycles. The number of ketones is 1. The Morgan fingerprint density at radius 3 is 1.17 bits per heavy atom. The van der Waals surface area contributed by atoms with E-state index in [0.29, 0.717) is 67.6 Å². The van der Waals surface area contributed by atoms with Crippen LogP contribution < -0.4 is 32.1 Å². The Kier molecular flexibility index (Phi) is 55.4. The molecule has 0 radical (unpaired) electrons. The molecule has 3 heterocycles. The number of hydrogen-bond donors (Lipinski definition) is 5. The Bertz CT molecular complexity index is 2930. The van der Waals surface area contributed by atoms with Crippen LogP contribution in [0.1, 0.15) is 273 Å². The zero-order valence-corrected chi connectivity index (χ0v) is 79.6. The molecule has 5 atom stereocenters. The van der Waals surface area contributed by atoms with Gasteiger partial charge in [-0.05, 0) is 126 Å². The summed E-state index contributed by atoms with van der Waals surface area (Å²) in [7, 11) is 1.79. The first-order valence-electron chi connectivity index (χ1n) is 38.3. The third kappa shape index (κ3) is 75.7. The molecule has 0 spiro atoms. The average molecular weight is 1680 g/mol. The van der Waals surface area contributed by atoms with Gasteiger partial charge in [0.1, 0.15) is 39.1 Å². The van der Waals surface area contributed by atoms with Crippen molar-refractivity contribution in [2.24, 2.45) is 59.6 Å². The van der Waals surface area contributed by atoms with Gasteiger partial charge in [-0.25, -0.2) is 0 Å². The van der Waals surface area contributed by atoms with E-state index in [1.807, 2.05) is 28.2 Å². The van der Waals surface area contributed by atoms with Crippen molar-refractivity contribution in [3.63, 3.8) is 0 Å². The van der Waals surface area contributed by atoms with E-state index in [0.717, 1.165) is 68.5 Å². The number of epoxide rings is 2. The highest BCUT2D eigenvalue weighted by Gasteiger charge is 2.50. The van der Waals surface area contributed by atoms with E-state index >= 15 is 0 Å². The number of nitrogens with one attached hydrogen (secondary N) is 5. The van der Waals surface area contributed by atoms with E-state index in [1.54, 1.807) is 44.3 Å². The lowest BCUT2D eigenvalue weighted by Gasteiger charge is -2.23. The number of halogens is 6. The molecule has 6 amide bonds. The molecule has 2 aliphatic heterocycles. The lowest BCUT2D eigenvalue weighted by molar-refractivity contribution is -0.127. The van der Waals surface area contributed by atoms with Crippen molar-refractivity contribution in [1.29, 1.82) is 5.26 Å². The summed E-state index contributed by atoms with van der Waals surface area (Å²) in [5.74, 6) is -0.0101. The summed E-state index contributed by atoms with van der Waals surface area (Å²) >= 11 is 34.2. The molecule has 25 heteroatoms. The maximum absolute atomic E-state index is 12.0. The van der Waals surface area contributed by atoms with Crippen LogP contribution in [0.15, 0.2) is 29.1 Å². The number of Topliss-reactive ketones (excluding diaryl/α,β-unsaturated/α-hetero) is 1. The third-order valence-electron chi connectivity index (χ3n) is 14.6. The highest BCUT2D eigenvalue weighted by molar-refractivity contribution is 7.13. The van der Waals surface area contributed by atoms with Gasteiger partial charge in [0.15, 0.2) is 0 Å². The predicted molar refractivity (Wildman–Crippen MR) is 466 cm³/mol. The van der Waals surface area contributed by atoms with Crippen LogP contribution in [0.25, 0.3) is 10.1 Å². The number of aromatic nitrogens is 1. The van der Waals surface area contributed by atoms with Gasteiger partial charge < -0.3 is 41.0 Å². The second-order valence-electron chi connectivity index (χ2n) is 40.3. The molecule has 0 bridgehead atoms. The van der Waals surface area contributed by atoms with Gasteiger partial charge in [0.25, 0.3) is 5.56 Å². The number of alkyl halides is 6. The van der Waals surface area contributed by atoms with Crippen molar-refractivity contribution in [2.45, 2.75) is 308 Å². The van der Waals surface area contributed by atoms with Gasteiger partial charge in [0.2, 0.25) is 35.4 Å². The van der Waals surface area contributed by atoms with Crippen LogP contribution in [0.4, 0.5) is 0 Å². The summed E-state index contributed by atoms with van der Waals surface area (Å²) < 4.78 is 13.1. The van der Waals surface area contributed by atoms with Gasteiger partial charge in [-0.1, -0.05) is 231 Å². The number of amides is 6. The molecule has 638 valence electrons. The van der Waals surface area contributed by atoms with Gasteiger partial charge in [-0.3, -0.25) is 42.3 Å². The Morgan fingerprint density at radius 2 is 0.917 bits per heavy atom. The number of carbonyl (C=O) groups excluding carboxylic acids is 7. The van der Waals surface area contributed by atoms with Crippen LogP contribution in [-0.4, -0.2) is 156 Å². The smallest absolute Gasteiger partial charge is 0.268 e. The molecule has 3 fully saturated rings. The van der Waals surface area contributed by atoms with Crippen LogP contribution in [0, 0.1) is 70.9 Å². The molecule has 5 N–H and O–H groups in total. The second-order valence-corrected chi connectivity index (χ2v) is 44.2. The Balaban J connectivity index is -0.000000370. The van der Waals surface area contributed by atoms with Gasteiger partial charge >= 0.3 is 0 Å². The van der Waals surface area contributed by atoms with Crippen LogP contribution >= 0.6 is 81.1 Å². The topological polar surface area (TPSA) is 254 Å². The van der Waals surface area contributed by atoms with E-state index in [1.165, 1.54) is 6.42 Å². The number of ether oxygens (including phenoxy) is 2. The highest BCUT2D eigenvalue weighted by atomic mass is 35.5. The first kappa shape index (κ1) is 114. The van der Waals surface area contributed by atoms with Crippen molar-refractivity contribution in [3.8, 4) is 6.07 Å². The van der Waals surface area contributed by atoms with E-state index < -0.39 is 21.5 Å². The second kappa shape index (κ2) is 52.9. The molecule has 3 aliphatic rings. The largest absolute Gasteiger partial charge is 0.373 e. The average Bonchev–Trinajstić information content (AvgIpc) is 1.66. The zero-order valence-electron chi connectivity index (χ0n) is 74.2. The summed E-state index contributed by atoms with van der Waals surface area (Å²) in [5.41, 5.74) is 1.68. The molecule has 5 rings (SSSR count). The minimum atomic E-state index is -0.675. The monoisotopic (exact) mass is 1680 g/mol. The van der Waals surface area contributed by atoms with Gasteiger partial charge in [0, 0.05) is 59.3 Å². The van der Waals surface area contributed by atoms with Gasteiger partial charge in [-0.15, -0.1) is 69.6 Å². The molecule has 109 heavy (non-hydrogen) atoms. The Morgan fingerprint density at radius 1 is 0.541 bits per heavy atom. The fourth-order valence-corrected chi connectivity index (χ4v) is 9.43. The lowest BCUT2D eigenvalue weighted by Crippen LogP contribution is -2.37. The lowest BCUT2D eigenvalue weighted by atomic mass is 9.89. The van der Waals surface area contributed by atoms with E-state index in [2.05, 4.69) is 240 Å². The molecule has 18 nitrogen and oxygen atoms in total. The standard InChI is InChI=1S/C12H15NOS.C10H16N2O.C9H18ClNO.C9H17ClO.3C8H16ClNO.C7H14ClNO.C7H14O.C6H12O/c1-12(2,3)8-13-11(14)9-6-4-5-7-10(9)15-13;1-9(2,3)7-12-8(13)10(6-11)4-5-10;1-9(2,3)5-6-11(4)8(12)7-10;1-9(2,3)6-4-5-8(11)7-10;3*1-6(9)7(11)10-5-8(2,3)4;1-7(2,3)5-9-6(10)4-8;1-7(2,3)4-6-5-8-6;1-6(2,3)5-4-7-5/h4-7H,8H2,1-3H3;4-5,7H2,1-3H3,(H,12,13);5-7H2,1-4H3;4-7H2,1-3H3;3*6H,5H2,1-4H3,(H,10,11);4-5H2,1-3H3,(H,9,10);6H,4-5H2,1-3H3;5H,4H2,1-3H3/t;;;;2*6-;;;;/m....10..../s1. The van der Waals surface area contributed by atoms with Crippen molar-refractivity contribution in [2.75, 3.05) is 77.2 Å². The van der Waals surface area contributed by atoms with E-state index in [4.69, 9.17) is 84.3 Å². The first-order valence-corrected chi connectivity index (χ1v) is 42.0. The molecular weight excluding hydrogens is 1530 g/mol. The fraction of sp³-hybridized carbons (Fsp3) is 0.821. The zero-order chi connectivity index (χ0) is 86.9. The van der Waals surface area contributed by atoms with Crippen molar-refractivity contribution < 1.29 is 43.0 Å². The summed E-state index contributed by atoms with van der Waals surface area (Å²) in [5, 5.41) is 22.1. The van der Waals surface area contributed by atoms with Crippen molar-refractivity contribution in [1.82, 2.24) is 35.4 Å². The molecule has 2 aromatic rings. The molecule has 3 unspecified atom stereocenters. The predicted octanol–water partition coefficient (Wildman–Crippen LogP) is 19.7. The van der Waals surface area contributed by atoms with E-state index in [-0.39, 0.29) is 102 Å². The van der Waals surface area contributed by atoms with E-state index in [9.17, 15) is 38.4 Å². The number of fused-ring (bicyclic) bond motifs is 1. The maximum Gasteiger partial charge on any atom is 0.268 e. The van der Waals surface area contributed by atoms with Crippen LogP contribution in [0.5, 0.6) is 0 Å². The first-order chi connectivity index (χ1) is 48.8. The number of benzene rings is 1. The summed E-state index contributed by atoms with van der Waals surface area (Å²) in [6.45, 7) is 75.5. The third-order valence-corrected chi connectivity index (χ3v) is 17.0. The summed E-state index contributed by atoms with van der Waals surface area (Å²) in [6, 6.07) is 9.86. The minimum Gasteiger partial charge on any atom is -0.373 e. The normalized spacial score (nSPS) is 15.7. The number of rotatable bonds is 19. The molecule has 2 saturated heterocycles. The summed E-state index contributed by atoms with van der Waals surface area (Å²) in [4.78, 5) is 90.4. The number of carbonyl (C=O) groups is 7. The fourth-order valence-electron chi connectivity index (χ4n) is 7.50. The minimum absolute atomic E-state index is 0.000849. The molecular formula is C84H154Cl6N8O10S. The molecule has 1 aromatic carbocycles. The molecule has 1 saturated carbocycles.